The Kier molecular flexibility index (Phi) is 4.47. The summed E-state index contributed by atoms with van der Waals surface area (Å²) in [6.45, 7) is 4.15. The van der Waals surface area contributed by atoms with Crippen LogP contribution in [0.4, 0.5) is 5.82 Å². The third-order valence-electron chi connectivity index (χ3n) is 3.95. The zero-order valence-electron chi connectivity index (χ0n) is 12.8. The molecule has 3 rings (SSSR count). The zero-order chi connectivity index (χ0) is 15.5. The Labute approximate surface area is 134 Å². The van der Waals surface area contributed by atoms with Crippen molar-refractivity contribution < 1.29 is 4.79 Å². The molecule has 6 heteroatoms. The van der Waals surface area contributed by atoms with Crippen molar-refractivity contribution in [3.05, 3.63) is 36.3 Å². The second kappa shape index (κ2) is 6.52. The Morgan fingerprint density at radius 1 is 1.45 bits per heavy atom. The number of amides is 1. The lowest BCUT2D eigenvalue weighted by atomic mass is 10.2. The molecular weight excluding hydrogens is 296 g/mol. The summed E-state index contributed by atoms with van der Waals surface area (Å²) in [5.74, 6) is 1.91. The summed E-state index contributed by atoms with van der Waals surface area (Å²) in [5, 5.41) is 7.45. The summed E-state index contributed by atoms with van der Waals surface area (Å²) in [6, 6.07) is 4.16. The number of hydrogen-bond acceptors (Lipinski definition) is 4. The molecule has 5 nitrogen and oxygen atoms in total. The van der Waals surface area contributed by atoms with Crippen LogP contribution in [0.15, 0.2) is 35.6 Å². The van der Waals surface area contributed by atoms with Crippen molar-refractivity contribution in [3.8, 4) is 0 Å². The number of nitrogens with one attached hydrogen (secondary N) is 1. The van der Waals surface area contributed by atoms with Crippen LogP contribution in [0.25, 0.3) is 0 Å². The molecular formula is C16H20N4OS. The van der Waals surface area contributed by atoms with Gasteiger partial charge in [0.25, 0.3) is 0 Å². The molecule has 0 bridgehead atoms. The normalized spacial score (nSPS) is 15.5. The van der Waals surface area contributed by atoms with Crippen molar-refractivity contribution >= 4 is 23.5 Å². The predicted octanol–water partition coefficient (Wildman–Crippen LogP) is 3.29. The van der Waals surface area contributed by atoms with Gasteiger partial charge in [-0.3, -0.25) is 9.78 Å². The van der Waals surface area contributed by atoms with Crippen molar-refractivity contribution in [2.75, 3.05) is 11.1 Å². The first-order chi connectivity index (χ1) is 10.6. The SMILES string of the molecule is Cc1cnn(C(C)C2CC2)c1NC(=O)CSc1ccncc1. The van der Waals surface area contributed by atoms with Gasteiger partial charge in [-0.2, -0.15) is 5.10 Å². The summed E-state index contributed by atoms with van der Waals surface area (Å²) in [7, 11) is 0. The van der Waals surface area contributed by atoms with Crippen LogP contribution in [-0.4, -0.2) is 26.4 Å². The Hall–Kier alpha value is -1.82. The maximum absolute atomic E-state index is 12.2. The number of pyridine rings is 1. The van der Waals surface area contributed by atoms with Crippen LogP contribution in [0.3, 0.4) is 0 Å². The fraction of sp³-hybridized carbons (Fsp3) is 0.438. The average Bonchev–Trinajstić information content (AvgIpc) is 3.32. The highest BCUT2D eigenvalue weighted by molar-refractivity contribution is 8.00. The van der Waals surface area contributed by atoms with E-state index in [-0.39, 0.29) is 5.91 Å². The molecule has 2 aromatic heterocycles. The van der Waals surface area contributed by atoms with Crippen molar-refractivity contribution in [1.29, 1.82) is 0 Å². The second-order valence-electron chi connectivity index (χ2n) is 5.72. The monoisotopic (exact) mass is 316 g/mol. The summed E-state index contributed by atoms with van der Waals surface area (Å²) in [6.07, 6.45) is 7.80. The number of carbonyl (C=O) groups is 1. The third-order valence-corrected chi connectivity index (χ3v) is 4.96. The lowest BCUT2D eigenvalue weighted by molar-refractivity contribution is -0.113. The highest BCUT2D eigenvalue weighted by Crippen LogP contribution is 2.40. The molecule has 0 aromatic carbocycles. The van der Waals surface area contributed by atoms with Crippen LogP contribution in [-0.2, 0) is 4.79 Å². The van der Waals surface area contributed by atoms with Crippen molar-refractivity contribution in [2.24, 2.45) is 5.92 Å². The number of aromatic nitrogens is 3. The van der Waals surface area contributed by atoms with E-state index in [0.29, 0.717) is 17.7 Å². The first-order valence-electron chi connectivity index (χ1n) is 7.52. The molecule has 0 radical (unpaired) electrons. The number of rotatable bonds is 6. The molecule has 1 atom stereocenters. The lowest BCUT2D eigenvalue weighted by Crippen LogP contribution is -2.20. The standard InChI is InChI=1S/C16H20N4OS/c1-11-9-18-20(12(2)13-3-4-13)16(11)19-15(21)10-22-14-5-7-17-8-6-14/h5-9,12-13H,3-4,10H2,1-2H3,(H,19,21). The molecule has 1 N–H and O–H groups in total. The van der Waals surface area contributed by atoms with E-state index in [9.17, 15) is 4.79 Å². The van der Waals surface area contributed by atoms with Crippen LogP contribution in [0.5, 0.6) is 0 Å². The molecule has 0 aliphatic heterocycles. The van der Waals surface area contributed by atoms with E-state index >= 15 is 0 Å². The quantitative estimate of drug-likeness (QED) is 0.831. The summed E-state index contributed by atoms with van der Waals surface area (Å²) in [5.41, 5.74) is 1.01. The predicted molar refractivity (Wildman–Crippen MR) is 88.0 cm³/mol. The molecule has 1 aliphatic rings. The van der Waals surface area contributed by atoms with Crippen LogP contribution >= 0.6 is 11.8 Å². The van der Waals surface area contributed by atoms with Gasteiger partial charge in [-0.15, -0.1) is 11.8 Å². The Balaban J connectivity index is 1.62. The molecule has 1 amide bonds. The molecule has 22 heavy (non-hydrogen) atoms. The number of anilines is 1. The number of aryl methyl sites for hydroxylation is 1. The summed E-state index contributed by atoms with van der Waals surface area (Å²) in [4.78, 5) is 17.2. The fourth-order valence-electron chi connectivity index (χ4n) is 2.44. The Morgan fingerprint density at radius 3 is 2.86 bits per heavy atom. The maximum Gasteiger partial charge on any atom is 0.235 e. The molecule has 0 saturated heterocycles. The third kappa shape index (κ3) is 3.50. The summed E-state index contributed by atoms with van der Waals surface area (Å²) >= 11 is 1.51. The van der Waals surface area contributed by atoms with E-state index in [4.69, 9.17) is 0 Å². The molecule has 1 saturated carbocycles. The van der Waals surface area contributed by atoms with Crippen molar-refractivity contribution in [1.82, 2.24) is 14.8 Å². The van der Waals surface area contributed by atoms with E-state index in [1.807, 2.05) is 29.9 Å². The van der Waals surface area contributed by atoms with Crippen LogP contribution in [0, 0.1) is 12.8 Å². The van der Waals surface area contributed by atoms with Gasteiger partial charge in [0.2, 0.25) is 5.91 Å². The molecule has 1 unspecified atom stereocenters. The van der Waals surface area contributed by atoms with E-state index in [1.54, 1.807) is 12.4 Å². The molecule has 2 heterocycles. The van der Waals surface area contributed by atoms with Gasteiger partial charge in [0.05, 0.1) is 18.0 Å². The van der Waals surface area contributed by atoms with Gasteiger partial charge < -0.3 is 5.32 Å². The van der Waals surface area contributed by atoms with Crippen molar-refractivity contribution in [3.63, 3.8) is 0 Å². The van der Waals surface area contributed by atoms with E-state index in [1.165, 1.54) is 24.6 Å². The van der Waals surface area contributed by atoms with Gasteiger partial charge in [0.15, 0.2) is 0 Å². The van der Waals surface area contributed by atoms with Crippen LogP contribution < -0.4 is 5.32 Å². The minimum absolute atomic E-state index is 0.00495. The first kappa shape index (κ1) is 15.1. The molecule has 1 fully saturated rings. The minimum Gasteiger partial charge on any atom is -0.310 e. The second-order valence-corrected chi connectivity index (χ2v) is 6.77. The molecule has 2 aromatic rings. The summed E-state index contributed by atoms with van der Waals surface area (Å²) < 4.78 is 1.96. The van der Waals surface area contributed by atoms with Gasteiger partial charge in [-0.25, -0.2) is 4.68 Å². The van der Waals surface area contributed by atoms with E-state index in [0.717, 1.165) is 16.3 Å². The lowest BCUT2D eigenvalue weighted by Gasteiger charge is -2.16. The van der Waals surface area contributed by atoms with Crippen LogP contribution in [0.2, 0.25) is 0 Å². The zero-order valence-corrected chi connectivity index (χ0v) is 13.6. The first-order valence-corrected chi connectivity index (χ1v) is 8.50. The van der Waals surface area contributed by atoms with E-state index < -0.39 is 0 Å². The Bertz CT molecular complexity index is 651. The number of thioether (sulfide) groups is 1. The fourth-order valence-corrected chi connectivity index (χ4v) is 3.13. The van der Waals surface area contributed by atoms with Gasteiger partial charge in [-0.1, -0.05) is 0 Å². The largest absolute Gasteiger partial charge is 0.310 e. The number of hydrogen-bond donors (Lipinski definition) is 1. The number of nitrogens with zero attached hydrogens (tertiary/aromatic N) is 3. The highest BCUT2D eigenvalue weighted by Gasteiger charge is 2.31. The minimum atomic E-state index is -0.00495. The topological polar surface area (TPSA) is 59.8 Å². The number of carbonyl (C=O) groups excluding carboxylic acids is 1. The molecule has 1 aliphatic carbocycles. The van der Waals surface area contributed by atoms with Gasteiger partial charge in [0, 0.05) is 22.9 Å². The van der Waals surface area contributed by atoms with Gasteiger partial charge in [0.1, 0.15) is 5.82 Å². The average molecular weight is 316 g/mol. The van der Waals surface area contributed by atoms with Crippen LogP contribution in [0.1, 0.15) is 31.4 Å². The maximum atomic E-state index is 12.2. The highest BCUT2D eigenvalue weighted by atomic mass is 32.2. The van der Waals surface area contributed by atoms with Gasteiger partial charge >= 0.3 is 0 Å². The molecule has 0 spiro atoms. The molecule has 116 valence electrons. The van der Waals surface area contributed by atoms with Gasteiger partial charge in [-0.05, 0) is 44.7 Å². The Morgan fingerprint density at radius 2 is 2.18 bits per heavy atom. The van der Waals surface area contributed by atoms with Crippen molar-refractivity contribution in [2.45, 2.75) is 37.6 Å². The smallest absolute Gasteiger partial charge is 0.235 e. The van der Waals surface area contributed by atoms with E-state index in [2.05, 4.69) is 22.3 Å².